The molecule has 28 heavy (non-hydrogen) atoms. The van der Waals surface area contributed by atoms with Gasteiger partial charge in [-0.2, -0.15) is 9.57 Å². The number of amides is 1. The molecule has 2 aromatic carbocycles. The third-order valence-corrected chi connectivity index (χ3v) is 6.24. The fourth-order valence-corrected chi connectivity index (χ4v) is 4.15. The Morgan fingerprint density at radius 2 is 1.86 bits per heavy atom. The number of carbonyl (C=O) groups excluding carboxylic acids is 1. The van der Waals surface area contributed by atoms with E-state index in [9.17, 15) is 17.6 Å². The molecule has 0 fully saturated rings. The fraction of sp³-hybridized carbons (Fsp3) is 0.263. The Kier molecular flexibility index (Phi) is 6.44. The number of sulfonamides is 1. The molecule has 0 spiro atoms. The van der Waals surface area contributed by atoms with Gasteiger partial charge in [0.15, 0.2) is 0 Å². The van der Waals surface area contributed by atoms with Crippen LogP contribution < -0.4 is 5.32 Å². The summed E-state index contributed by atoms with van der Waals surface area (Å²) in [6, 6.07) is 11.2. The minimum Gasteiger partial charge on any atom is -0.346 e. The van der Waals surface area contributed by atoms with Gasteiger partial charge in [-0.3, -0.25) is 4.79 Å². The first-order valence-electron chi connectivity index (χ1n) is 8.20. The van der Waals surface area contributed by atoms with E-state index < -0.39 is 33.8 Å². The SMILES string of the molecule is CN(CC(=O)NC(C)(C)c1ccc(F)cc1Cl)S(=O)(=O)c1ccc(C#N)cc1. The maximum Gasteiger partial charge on any atom is 0.243 e. The largest absolute Gasteiger partial charge is 0.346 e. The Balaban J connectivity index is 2.13. The van der Waals surface area contributed by atoms with Crippen molar-refractivity contribution in [2.75, 3.05) is 13.6 Å². The van der Waals surface area contributed by atoms with Gasteiger partial charge in [-0.1, -0.05) is 17.7 Å². The number of nitrogens with one attached hydrogen (secondary N) is 1. The van der Waals surface area contributed by atoms with Crippen molar-refractivity contribution in [2.45, 2.75) is 24.3 Å². The predicted octanol–water partition coefficient (Wildman–Crippen LogP) is 3.02. The van der Waals surface area contributed by atoms with Crippen LogP contribution >= 0.6 is 11.6 Å². The molecule has 0 aliphatic carbocycles. The molecular weight excluding hydrogens is 405 g/mol. The highest BCUT2D eigenvalue weighted by atomic mass is 35.5. The summed E-state index contributed by atoms with van der Waals surface area (Å²) >= 11 is 6.06. The zero-order valence-corrected chi connectivity index (χ0v) is 17.1. The van der Waals surface area contributed by atoms with Crippen molar-refractivity contribution < 1.29 is 17.6 Å². The van der Waals surface area contributed by atoms with Gasteiger partial charge in [-0.15, -0.1) is 0 Å². The number of nitrogens with zero attached hydrogens (tertiary/aromatic N) is 2. The van der Waals surface area contributed by atoms with E-state index in [1.165, 1.54) is 43.4 Å². The van der Waals surface area contributed by atoms with Gasteiger partial charge in [0.1, 0.15) is 5.82 Å². The average Bonchev–Trinajstić information content (AvgIpc) is 2.60. The van der Waals surface area contributed by atoms with Crippen molar-refractivity contribution in [3.8, 4) is 6.07 Å². The van der Waals surface area contributed by atoms with Gasteiger partial charge in [-0.05, 0) is 55.8 Å². The number of likely N-dealkylation sites (N-methyl/N-ethyl adjacent to an activating group) is 1. The van der Waals surface area contributed by atoms with Gasteiger partial charge >= 0.3 is 0 Å². The molecule has 1 N–H and O–H groups in total. The highest BCUT2D eigenvalue weighted by molar-refractivity contribution is 7.89. The molecule has 0 saturated carbocycles. The molecule has 0 atom stereocenters. The molecular formula is C19H19ClFN3O3S. The van der Waals surface area contributed by atoms with E-state index in [2.05, 4.69) is 5.32 Å². The molecule has 0 bridgehead atoms. The monoisotopic (exact) mass is 423 g/mol. The quantitative estimate of drug-likeness (QED) is 0.773. The lowest BCUT2D eigenvalue weighted by Gasteiger charge is -2.29. The normalized spacial score (nSPS) is 11.9. The van der Waals surface area contributed by atoms with Crippen LogP contribution in [0.1, 0.15) is 25.0 Å². The lowest BCUT2D eigenvalue weighted by molar-refractivity contribution is -0.122. The number of hydrogen-bond donors (Lipinski definition) is 1. The standard InChI is InChI=1S/C19H19ClFN3O3S/c1-19(2,16-9-6-14(21)10-17(16)20)23-18(25)12-24(3)28(26,27)15-7-4-13(11-22)5-8-15/h4-10H,12H2,1-3H3,(H,23,25). The van der Waals surface area contributed by atoms with Crippen LogP contribution in [0, 0.1) is 17.1 Å². The zero-order valence-electron chi connectivity index (χ0n) is 15.5. The third-order valence-electron chi connectivity index (χ3n) is 4.11. The Morgan fingerprint density at radius 1 is 1.25 bits per heavy atom. The van der Waals surface area contributed by atoms with Gasteiger partial charge in [0.25, 0.3) is 0 Å². The number of benzene rings is 2. The maximum atomic E-state index is 13.2. The number of halogens is 2. The van der Waals surface area contributed by atoms with Crippen molar-refractivity contribution >= 4 is 27.5 Å². The zero-order chi connectivity index (χ0) is 21.1. The number of rotatable bonds is 6. The van der Waals surface area contributed by atoms with E-state index in [1.807, 2.05) is 6.07 Å². The summed E-state index contributed by atoms with van der Waals surface area (Å²) in [7, 11) is -2.62. The third kappa shape index (κ3) is 4.87. The Hall–Kier alpha value is -2.47. The van der Waals surface area contributed by atoms with Gasteiger partial charge in [0.05, 0.1) is 28.6 Å². The fourth-order valence-electron chi connectivity index (χ4n) is 2.62. The van der Waals surface area contributed by atoms with Gasteiger partial charge < -0.3 is 5.32 Å². The number of hydrogen-bond acceptors (Lipinski definition) is 4. The minimum absolute atomic E-state index is 0.0253. The predicted molar refractivity (Wildman–Crippen MR) is 104 cm³/mol. The van der Waals surface area contributed by atoms with Crippen LogP contribution in [-0.4, -0.2) is 32.2 Å². The van der Waals surface area contributed by atoms with Crippen molar-refractivity contribution in [1.82, 2.24) is 9.62 Å². The Bertz CT molecular complexity index is 1030. The molecule has 0 heterocycles. The smallest absolute Gasteiger partial charge is 0.243 e. The van der Waals surface area contributed by atoms with Crippen LogP contribution in [0.25, 0.3) is 0 Å². The summed E-state index contributed by atoms with van der Waals surface area (Å²) in [5, 5.41) is 11.7. The Morgan fingerprint density at radius 3 is 2.39 bits per heavy atom. The van der Waals surface area contributed by atoms with E-state index in [4.69, 9.17) is 16.9 Å². The lowest BCUT2D eigenvalue weighted by atomic mass is 9.94. The molecule has 0 saturated heterocycles. The van der Waals surface area contributed by atoms with E-state index in [1.54, 1.807) is 13.8 Å². The van der Waals surface area contributed by atoms with Crippen molar-refractivity contribution in [3.63, 3.8) is 0 Å². The van der Waals surface area contributed by atoms with Crippen LogP contribution in [0.4, 0.5) is 4.39 Å². The van der Waals surface area contributed by atoms with Gasteiger partial charge in [-0.25, -0.2) is 12.8 Å². The summed E-state index contributed by atoms with van der Waals surface area (Å²) in [6.45, 7) is 2.93. The number of nitriles is 1. The molecule has 0 aliphatic rings. The first-order chi connectivity index (χ1) is 13.0. The van der Waals surface area contributed by atoms with E-state index in [-0.39, 0.29) is 9.92 Å². The molecule has 0 aromatic heterocycles. The second-order valence-corrected chi connectivity index (χ2v) is 9.15. The molecule has 6 nitrogen and oxygen atoms in total. The second kappa shape index (κ2) is 8.27. The van der Waals surface area contributed by atoms with Crippen molar-refractivity contribution in [1.29, 1.82) is 5.26 Å². The van der Waals surface area contributed by atoms with Crippen LogP contribution in [-0.2, 0) is 20.4 Å². The summed E-state index contributed by atoms with van der Waals surface area (Å²) in [6.07, 6.45) is 0. The average molecular weight is 424 g/mol. The first kappa shape index (κ1) is 21.8. The molecule has 0 radical (unpaired) electrons. The summed E-state index contributed by atoms with van der Waals surface area (Å²) < 4.78 is 39.3. The topological polar surface area (TPSA) is 90.3 Å². The summed E-state index contributed by atoms with van der Waals surface area (Å²) in [5.41, 5.74) is -0.111. The highest BCUT2D eigenvalue weighted by Crippen LogP contribution is 2.28. The van der Waals surface area contributed by atoms with E-state index in [0.29, 0.717) is 11.1 Å². The van der Waals surface area contributed by atoms with Crippen LogP contribution in [0.5, 0.6) is 0 Å². The van der Waals surface area contributed by atoms with Crippen molar-refractivity contribution in [3.05, 3.63) is 64.4 Å². The highest BCUT2D eigenvalue weighted by Gasteiger charge is 2.28. The summed E-state index contributed by atoms with van der Waals surface area (Å²) in [5.74, 6) is -1.05. The van der Waals surface area contributed by atoms with Gasteiger partial charge in [0.2, 0.25) is 15.9 Å². The van der Waals surface area contributed by atoms with Crippen LogP contribution in [0.15, 0.2) is 47.4 Å². The molecule has 2 aromatic rings. The molecule has 148 valence electrons. The van der Waals surface area contributed by atoms with Crippen LogP contribution in [0.3, 0.4) is 0 Å². The molecule has 2 rings (SSSR count). The van der Waals surface area contributed by atoms with E-state index >= 15 is 0 Å². The molecule has 0 aliphatic heterocycles. The van der Waals surface area contributed by atoms with Crippen LogP contribution in [0.2, 0.25) is 5.02 Å². The lowest BCUT2D eigenvalue weighted by Crippen LogP contribution is -2.46. The second-order valence-electron chi connectivity index (χ2n) is 6.69. The van der Waals surface area contributed by atoms with Gasteiger partial charge in [0, 0.05) is 12.1 Å². The summed E-state index contributed by atoms with van der Waals surface area (Å²) in [4.78, 5) is 12.4. The first-order valence-corrected chi connectivity index (χ1v) is 10.0. The molecule has 9 heteroatoms. The molecule has 1 amide bonds. The minimum atomic E-state index is -3.91. The number of carbonyl (C=O) groups is 1. The molecule has 0 unspecified atom stereocenters. The maximum absolute atomic E-state index is 13.2. The van der Waals surface area contributed by atoms with E-state index in [0.717, 1.165) is 10.4 Å². The Labute approximate surface area is 168 Å². The van der Waals surface area contributed by atoms with Crippen molar-refractivity contribution in [2.24, 2.45) is 0 Å².